The number of amides is 1. The lowest BCUT2D eigenvalue weighted by Crippen LogP contribution is -2.48. The van der Waals surface area contributed by atoms with Crippen LogP contribution >= 0.6 is 0 Å². The summed E-state index contributed by atoms with van der Waals surface area (Å²) in [6, 6.07) is 6.89. The molecule has 0 unspecified atom stereocenters. The van der Waals surface area contributed by atoms with Crippen LogP contribution in [0.3, 0.4) is 0 Å². The number of anilines is 1. The first kappa shape index (κ1) is 12.6. The predicted molar refractivity (Wildman–Crippen MR) is 67.6 cm³/mol. The monoisotopic (exact) mass is 248 g/mol. The van der Waals surface area contributed by atoms with Gasteiger partial charge < -0.3 is 9.64 Å². The van der Waals surface area contributed by atoms with Crippen LogP contribution in [0, 0.1) is 0 Å². The number of piperazine rings is 1. The van der Waals surface area contributed by atoms with Crippen LogP contribution in [0.4, 0.5) is 5.69 Å². The number of hydrogen-bond acceptors (Lipinski definition) is 4. The average molecular weight is 248 g/mol. The number of nitrogens with zero attached hydrogens (tertiary/aromatic N) is 2. The molecule has 0 radical (unpaired) electrons. The van der Waals surface area contributed by atoms with E-state index >= 15 is 0 Å². The van der Waals surface area contributed by atoms with Gasteiger partial charge >= 0.3 is 5.97 Å². The summed E-state index contributed by atoms with van der Waals surface area (Å²) in [5, 5.41) is 0. The lowest BCUT2D eigenvalue weighted by molar-refractivity contribution is -0.120. The van der Waals surface area contributed by atoms with E-state index in [1.807, 2.05) is 11.9 Å². The van der Waals surface area contributed by atoms with Crippen molar-refractivity contribution in [1.82, 2.24) is 4.90 Å². The van der Waals surface area contributed by atoms with Gasteiger partial charge in [-0.15, -0.1) is 0 Å². The van der Waals surface area contributed by atoms with Gasteiger partial charge in [0.25, 0.3) is 0 Å². The van der Waals surface area contributed by atoms with Crippen molar-refractivity contribution in [2.45, 2.75) is 0 Å². The minimum Gasteiger partial charge on any atom is -0.465 e. The second-order valence-corrected chi connectivity index (χ2v) is 4.32. The first-order valence-corrected chi connectivity index (χ1v) is 5.79. The molecule has 1 aromatic carbocycles. The second-order valence-electron chi connectivity index (χ2n) is 4.32. The van der Waals surface area contributed by atoms with E-state index in [4.69, 9.17) is 0 Å². The number of likely N-dealkylation sites (N-methyl/N-ethyl adjacent to an activating group) is 1. The number of hydrogen-bond donors (Lipinski definition) is 0. The van der Waals surface area contributed by atoms with Crippen molar-refractivity contribution in [2.75, 3.05) is 38.7 Å². The summed E-state index contributed by atoms with van der Waals surface area (Å²) < 4.78 is 4.63. The van der Waals surface area contributed by atoms with Crippen molar-refractivity contribution in [3.63, 3.8) is 0 Å². The van der Waals surface area contributed by atoms with Gasteiger partial charge in [0, 0.05) is 18.8 Å². The van der Waals surface area contributed by atoms with Gasteiger partial charge in [-0.1, -0.05) is 0 Å². The molecule has 1 heterocycles. The van der Waals surface area contributed by atoms with Gasteiger partial charge in [0.1, 0.15) is 0 Å². The molecule has 0 aliphatic carbocycles. The van der Waals surface area contributed by atoms with Crippen LogP contribution in [0.1, 0.15) is 10.4 Å². The van der Waals surface area contributed by atoms with Gasteiger partial charge in [-0.3, -0.25) is 9.69 Å². The first-order valence-electron chi connectivity index (χ1n) is 5.79. The van der Waals surface area contributed by atoms with Crippen LogP contribution in [0.25, 0.3) is 0 Å². The Morgan fingerprint density at radius 3 is 2.44 bits per heavy atom. The van der Waals surface area contributed by atoms with E-state index in [0.717, 1.165) is 12.2 Å². The van der Waals surface area contributed by atoms with Crippen molar-refractivity contribution in [2.24, 2.45) is 0 Å². The molecule has 0 atom stereocenters. The molecule has 0 N–H and O–H groups in total. The Hall–Kier alpha value is -1.88. The Labute approximate surface area is 106 Å². The summed E-state index contributed by atoms with van der Waals surface area (Å²) in [6.45, 7) is 1.95. The minimum absolute atomic E-state index is 0.0783. The Kier molecular flexibility index (Phi) is 3.62. The summed E-state index contributed by atoms with van der Waals surface area (Å²) in [5.41, 5.74) is 1.31. The molecule has 96 valence electrons. The maximum atomic E-state index is 11.9. The third-order valence-corrected chi connectivity index (χ3v) is 3.01. The molecular weight excluding hydrogens is 232 g/mol. The number of carbonyl (C=O) groups excluding carboxylic acids is 2. The minimum atomic E-state index is -0.369. The molecule has 1 amide bonds. The maximum absolute atomic E-state index is 11.9. The van der Waals surface area contributed by atoms with Crippen LogP contribution < -0.4 is 4.90 Å². The molecule has 0 saturated carbocycles. The smallest absolute Gasteiger partial charge is 0.337 e. The molecule has 1 aliphatic rings. The van der Waals surface area contributed by atoms with Gasteiger partial charge in [-0.05, 0) is 31.3 Å². The molecule has 1 saturated heterocycles. The van der Waals surface area contributed by atoms with Gasteiger partial charge in [0.05, 0.1) is 19.2 Å². The highest BCUT2D eigenvalue weighted by atomic mass is 16.5. The lowest BCUT2D eigenvalue weighted by atomic mass is 10.2. The highest BCUT2D eigenvalue weighted by Gasteiger charge is 2.22. The fraction of sp³-hybridized carbons (Fsp3) is 0.385. The van der Waals surface area contributed by atoms with E-state index in [9.17, 15) is 9.59 Å². The van der Waals surface area contributed by atoms with Crippen LogP contribution in [0.2, 0.25) is 0 Å². The third-order valence-electron chi connectivity index (χ3n) is 3.01. The molecule has 2 rings (SSSR count). The number of carbonyl (C=O) groups is 2. The van der Waals surface area contributed by atoms with Crippen molar-refractivity contribution in [3.05, 3.63) is 29.8 Å². The van der Waals surface area contributed by atoms with Crippen molar-refractivity contribution in [3.8, 4) is 0 Å². The fourth-order valence-corrected chi connectivity index (χ4v) is 1.96. The average Bonchev–Trinajstić information content (AvgIpc) is 2.38. The number of ether oxygens (including phenoxy) is 1. The molecule has 0 spiro atoms. The quantitative estimate of drug-likeness (QED) is 0.725. The topological polar surface area (TPSA) is 49.9 Å². The van der Waals surface area contributed by atoms with Crippen molar-refractivity contribution in [1.29, 1.82) is 0 Å². The second kappa shape index (κ2) is 5.18. The zero-order valence-corrected chi connectivity index (χ0v) is 10.5. The van der Waals surface area contributed by atoms with Gasteiger partial charge in [-0.2, -0.15) is 0 Å². The zero-order valence-electron chi connectivity index (χ0n) is 10.5. The fourth-order valence-electron chi connectivity index (χ4n) is 1.96. The zero-order chi connectivity index (χ0) is 13.1. The van der Waals surface area contributed by atoms with Gasteiger partial charge in [-0.25, -0.2) is 4.79 Å². The van der Waals surface area contributed by atoms with Gasteiger partial charge in [0.15, 0.2) is 0 Å². The first-order chi connectivity index (χ1) is 8.61. The number of benzene rings is 1. The molecule has 1 fully saturated rings. The van der Waals surface area contributed by atoms with Crippen molar-refractivity contribution >= 4 is 17.6 Å². The van der Waals surface area contributed by atoms with Crippen LogP contribution in [-0.2, 0) is 9.53 Å². The highest BCUT2D eigenvalue weighted by molar-refractivity contribution is 5.96. The largest absolute Gasteiger partial charge is 0.465 e. The van der Waals surface area contributed by atoms with E-state index < -0.39 is 0 Å². The normalized spacial score (nSPS) is 16.8. The highest BCUT2D eigenvalue weighted by Crippen LogP contribution is 2.18. The lowest BCUT2D eigenvalue weighted by Gasteiger charge is -2.32. The van der Waals surface area contributed by atoms with E-state index in [0.29, 0.717) is 18.7 Å². The number of rotatable bonds is 2. The van der Waals surface area contributed by atoms with Crippen molar-refractivity contribution < 1.29 is 14.3 Å². The summed E-state index contributed by atoms with van der Waals surface area (Å²) in [4.78, 5) is 26.9. The molecule has 0 aromatic heterocycles. The van der Waals surface area contributed by atoms with E-state index in [1.165, 1.54) is 7.11 Å². The van der Waals surface area contributed by atoms with E-state index in [2.05, 4.69) is 4.74 Å². The third kappa shape index (κ3) is 2.51. The maximum Gasteiger partial charge on any atom is 0.337 e. The van der Waals surface area contributed by atoms with Crippen LogP contribution in [0.15, 0.2) is 24.3 Å². The Morgan fingerprint density at radius 1 is 1.22 bits per heavy atom. The molecular formula is C13H16N2O3. The molecule has 0 bridgehead atoms. The standard InChI is InChI=1S/C13H16N2O3/c1-14-7-8-15(12(16)9-14)11-5-3-10(4-6-11)13(17)18-2/h3-6H,7-9H2,1-2H3. The molecule has 1 aromatic rings. The van der Waals surface area contributed by atoms with Gasteiger partial charge in [0.2, 0.25) is 5.91 Å². The Morgan fingerprint density at radius 2 is 1.89 bits per heavy atom. The van der Waals surface area contributed by atoms with E-state index in [1.54, 1.807) is 29.2 Å². The van der Waals surface area contributed by atoms with Crippen LogP contribution in [0.5, 0.6) is 0 Å². The molecule has 5 heteroatoms. The summed E-state index contributed by atoms with van der Waals surface area (Å²) >= 11 is 0. The predicted octanol–water partition coefficient (Wildman–Crippen LogP) is 0.752. The van der Waals surface area contributed by atoms with Crippen LogP contribution in [-0.4, -0.2) is 50.6 Å². The molecule has 1 aliphatic heterocycles. The summed E-state index contributed by atoms with van der Waals surface area (Å²) in [6.07, 6.45) is 0. The number of methoxy groups -OCH3 is 1. The Bertz CT molecular complexity index is 456. The molecule has 18 heavy (non-hydrogen) atoms. The Balaban J connectivity index is 2.14. The summed E-state index contributed by atoms with van der Waals surface area (Å²) in [5.74, 6) is -0.291. The molecule has 5 nitrogen and oxygen atoms in total. The number of esters is 1. The SMILES string of the molecule is COC(=O)c1ccc(N2CCN(C)CC2=O)cc1. The van der Waals surface area contributed by atoms with E-state index in [-0.39, 0.29) is 11.9 Å². The summed E-state index contributed by atoms with van der Waals surface area (Å²) in [7, 11) is 3.27.